The fraction of sp³-hybridized carbons (Fsp3) is 0.278. The Labute approximate surface area is 130 Å². The van der Waals surface area contributed by atoms with Gasteiger partial charge in [0.2, 0.25) is 5.91 Å². The van der Waals surface area contributed by atoms with E-state index in [0.29, 0.717) is 5.69 Å². The van der Waals surface area contributed by atoms with E-state index in [-0.39, 0.29) is 24.3 Å². The normalized spacial score (nSPS) is 10.6. The molecule has 3 nitrogen and oxygen atoms in total. The number of carbonyl (C=O) groups excluding carboxylic acids is 1. The van der Waals surface area contributed by atoms with Crippen molar-refractivity contribution in [2.75, 3.05) is 16.8 Å². The van der Waals surface area contributed by atoms with Gasteiger partial charge in [-0.2, -0.15) is 0 Å². The maximum Gasteiger partial charge on any atom is 0.243 e. The summed E-state index contributed by atoms with van der Waals surface area (Å²) >= 11 is 0. The van der Waals surface area contributed by atoms with E-state index in [1.165, 1.54) is 17.7 Å². The monoisotopic (exact) mass is 300 g/mol. The lowest BCUT2D eigenvalue weighted by atomic mass is 10.2. The van der Waals surface area contributed by atoms with Crippen LogP contribution < -0.4 is 10.2 Å². The number of nitrogens with zero attached hydrogens (tertiary/aromatic N) is 1. The summed E-state index contributed by atoms with van der Waals surface area (Å²) in [7, 11) is 0. The summed E-state index contributed by atoms with van der Waals surface area (Å²) in [6.07, 6.45) is 0. The largest absolute Gasteiger partial charge is 0.360 e. The van der Waals surface area contributed by atoms with Crippen molar-refractivity contribution in [3.63, 3.8) is 0 Å². The first-order valence-electron chi connectivity index (χ1n) is 7.34. The van der Waals surface area contributed by atoms with Crippen molar-refractivity contribution in [1.29, 1.82) is 0 Å². The number of hydrogen-bond donors (Lipinski definition) is 1. The van der Waals surface area contributed by atoms with Gasteiger partial charge in [0, 0.05) is 17.4 Å². The molecule has 0 radical (unpaired) electrons. The highest BCUT2D eigenvalue weighted by Gasteiger charge is 2.15. The average molecular weight is 300 g/mol. The number of aryl methyl sites for hydroxylation is 1. The second kappa shape index (κ2) is 7.07. The summed E-state index contributed by atoms with van der Waals surface area (Å²) in [6.45, 7) is 6.37. The molecule has 0 aliphatic heterocycles. The summed E-state index contributed by atoms with van der Waals surface area (Å²) in [6, 6.07) is 14.1. The quantitative estimate of drug-likeness (QED) is 0.905. The SMILES string of the molecule is Cc1ccc(N(CC(=O)Nc2ccc(F)cc2)C(C)C)cc1. The highest BCUT2D eigenvalue weighted by atomic mass is 19.1. The van der Waals surface area contributed by atoms with Crippen molar-refractivity contribution in [3.8, 4) is 0 Å². The highest BCUT2D eigenvalue weighted by Crippen LogP contribution is 2.18. The van der Waals surface area contributed by atoms with Crippen LogP contribution in [0, 0.1) is 12.7 Å². The Kier molecular flexibility index (Phi) is 5.15. The molecular weight excluding hydrogens is 279 g/mol. The van der Waals surface area contributed by atoms with Gasteiger partial charge in [-0.3, -0.25) is 4.79 Å². The number of hydrogen-bond acceptors (Lipinski definition) is 2. The second-order valence-corrected chi connectivity index (χ2v) is 5.61. The summed E-state index contributed by atoms with van der Waals surface area (Å²) in [5.74, 6) is -0.442. The molecule has 0 heterocycles. The molecule has 22 heavy (non-hydrogen) atoms. The zero-order chi connectivity index (χ0) is 16.1. The Morgan fingerprint density at radius 1 is 1.09 bits per heavy atom. The molecule has 116 valence electrons. The Bertz CT molecular complexity index is 621. The average Bonchev–Trinajstić information content (AvgIpc) is 2.48. The molecule has 0 saturated heterocycles. The Morgan fingerprint density at radius 2 is 1.68 bits per heavy atom. The number of nitrogens with one attached hydrogen (secondary N) is 1. The number of halogens is 1. The molecular formula is C18H21FN2O. The molecule has 0 saturated carbocycles. The van der Waals surface area contributed by atoms with Gasteiger partial charge in [-0.25, -0.2) is 4.39 Å². The maximum atomic E-state index is 12.9. The third kappa shape index (κ3) is 4.32. The van der Waals surface area contributed by atoms with Crippen LogP contribution in [0.25, 0.3) is 0 Å². The summed E-state index contributed by atoms with van der Waals surface area (Å²) in [5.41, 5.74) is 2.79. The smallest absolute Gasteiger partial charge is 0.243 e. The van der Waals surface area contributed by atoms with Gasteiger partial charge in [0.15, 0.2) is 0 Å². The number of anilines is 2. The van der Waals surface area contributed by atoms with Gasteiger partial charge in [-0.15, -0.1) is 0 Å². The molecule has 2 aromatic carbocycles. The van der Waals surface area contributed by atoms with Gasteiger partial charge in [-0.05, 0) is 57.2 Å². The fourth-order valence-corrected chi connectivity index (χ4v) is 2.20. The lowest BCUT2D eigenvalue weighted by molar-refractivity contribution is -0.115. The second-order valence-electron chi connectivity index (χ2n) is 5.61. The molecule has 0 fully saturated rings. The highest BCUT2D eigenvalue weighted by molar-refractivity contribution is 5.94. The molecule has 0 spiro atoms. The third-order valence-corrected chi connectivity index (χ3v) is 3.43. The van der Waals surface area contributed by atoms with Gasteiger partial charge >= 0.3 is 0 Å². The van der Waals surface area contributed by atoms with E-state index < -0.39 is 0 Å². The summed E-state index contributed by atoms with van der Waals surface area (Å²) < 4.78 is 12.9. The van der Waals surface area contributed by atoms with Crippen LogP contribution in [0.4, 0.5) is 15.8 Å². The molecule has 2 rings (SSSR count). The third-order valence-electron chi connectivity index (χ3n) is 3.43. The van der Waals surface area contributed by atoms with Crippen molar-refractivity contribution in [2.24, 2.45) is 0 Å². The van der Waals surface area contributed by atoms with E-state index >= 15 is 0 Å². The first-order valence-corrected chi connectivity index (χ1v) is 7.34. The van der Waals surface area contributed by atoms with Crippen LogP contribution in [-0.4, -0.2) is 18.5 Å². The topological polar surface area (TPSA) is 32.3 Å². The zero-order valence-electron chi connectivity index (χ0n) is 13.1. The van der Waals surface area contributed by atoms with Crippen molar-refractivity contribution in [3.05, 3.63) is 59.9 Å². The predicted octanol–water partition coefficient (Wildman–Crippen LogP) is 3.99. The number of carbonyl (C=O) groups is 1. The molecule has 0 atom stereocenters. The van der Waals surface area contributed by atoms with E-state index in [1.807, 2.05) is 49.9 Å². The Balaban J connectivity index is 2.05. The molecule has 0 aliphatic rings. The minimum Gasteiger partial charge on any atom is -0.360 e. The summed E-state index contributed by atoms with van der Waals surface area (Å²) in [5, 5.41) is 2.79. The molecule has 2 aromatic rings. The lowest BCUT2D eigenvalue weighted by Crippen LogP contribution is -2.38. The van der Waals surface area contributed by atoms with Gasteiger partial charge in [0.1, 0.15) is 5.82 Å². The van der Waals surface area contributed by atoms with Crippen LogP contribution in [0.2, 0.25) is 0 Å². The van der Waals surface area contributed by atoms with Crippen molar-refractivity contribution in [1.82, 2.24) is 0 Å². The van der Waals surface area contributed by atoms with Gasteiger partial charge in [-0.1, -0.05) is 17.7 Å². The maximum absolute atomic E-state index is 12.9. The van der Waals surface area contributed by atoms with E-state index in [1.54, 1.807) is 12.1 Å². The lowest BCUT2D eigenvalue weighted by Gasteiger charge is -2.28. The molecule has 0 aliphatic carbocycles. The standard InChI is InChI=1S/C18H21FN2O/c1-13(2)21(17-10-4-14(3)5-11-17)12-18(22)20-16-8-6-15(19)7-9-16/h4-11,13H,12H2,1-3H3,(H,20,22). The molecule has 0 bridgehead atoms. The van der Waals surface area contributed by atoms with E-state index in [0.717, 1.165) is 5.69 Å². The van der Waals surface area contributed by atoms with Crippen LogP contribution in [0.5, 0.6) is 0 Å². The number of rotatable bonds is 5. The van der Waals surface area contributed by atoms with Crippen LogP contribution in [-0.2, 0) is 4.79 Å². The van der Waals surface area contributed by atoms with Crippen molar-refractivity contribution in [2.45, 2.75) is 26.8 Å². The first-order chi connectivity index (χ1) is 10.5. The van der Waals surface area contributed by atoms with E-state index in [4.69, 9.17) is 0 Å². The molecule has 0 aromatic heterocycles. The number of benzene rings is 2. The van der Waals surface area contributed by atoms with Crippen molar-refractivity contribution >= 4 is 17.3 Å². The van der Waals surface area contributed by atoms with Crippen LogP contribution in [0.3, 0.4) is 0 Å². The molecule has 1 N–H and O–H groups in total. The van der Waals surface area contributed by atoms with Crippen LogP contribution >= 0.6 is 0 Å². The molecule has 0 unspecified atom stereocenters. The minimum absolute atomic E-state index is 0.124. The zero-order valence-corrected chi connectivity index (χ0v) is 13.1. The van der Waals surface area contributed by atoms with E-state index in [2.05, 4.69) is 5.32 Å². The Morgan fingerprint density at radius 3 is 2.23 bits per heavy atom. The first kappa shape index (κ1) is 16.0. The Hall–Kier alpha value is -2.36. The van der Waals surface area contributed by atoms with Gasteiger partial charge < -0.3 is 10.2 Å². The number of amides is 1. The van der Waals surface area contributed by atoms with Crippen LogP contribution in [0.15, 0.2) is 48.5 Å². The van der Waals surface area contributed by atoms with Gasteiger partial charge in [0.25, 0.3) is 0 Å². The molecule has 4 heteroatoms. The van der Waals surface area contributed by atoms with Crippen molar-refractivity contribution < 1.29 is 9.18 Å². The fourth-order valence-electron chi connectivity index (χ4n) is 2.20. The minimum atomic E-state index is -0.318. The van der Waals surface area contributed by atoms with Gasteiger partial charge in [0.05, 0.1) is 6.54 Å². The van der Waals surface area contributed by atoms with E-state index in [9.17, 15) is 9.18 Å². The summed E-state index contributed by atoms with van der Waals surface area (Å²) in [4.78, 5) is 14.2. The predicted molar refractivity (Wildman–Crippen MR) is 88.7 cm³/mol. The van der Waals surface area contributed by atoms with Crippen LogP contribution in [0.1, 0.15) is 19.4 Å². The molecule has 1 amide bonds.